The number of H-pyrrole nitrogens is 2. The van der Waals surface area contributed by atoms with E-state index in [9.17, 15) is 14.4 Å². The highest BCUT2D eigenvalue weighted by atomic mass is 16.5. The molecule has 62 heavy (non-hydrogen) atoms. The maximum Gasteiger partial charge on any atom is 0.407 e. The number of amides is 3. The number of ether oxygens (including phenoxy) is 2. The monoisotopic (exact) mass is 834 g/mol. The Morgan fingerprint density at radius 1 is 0.710 bits per heavy atom. The molecule has 0 radical (unpaired) electrons. The average molecular weight is 835 g/mol. The van der Waals surface area contributed by atoms with Crippen LogP contribution in [-0.2, 0) is 19.1 Å². The van der Waals surface area contributed by atoms with Crippen molar-refractivity contribution in [3.63, 3.8) is 0 Å². The van der Waals surface area contributed by atoms with Gasteiger partial charge in [-0.25, -0.2) is 14.8 Å². The topological polar surface area (TPSA) is 149 Å². The fraction of sp³-hybridized carbons (Fsp3) is 0.367. The number of alkyl carbamates (subject to hydrolysis) is 1. The summed E-state index contributed by atoms with van der Waals surface area (Å²) in [7, 11) is 5.23. The molecule has 4 atom stereocenters. The van der Waals surface area contributed by atoms with Gasteiger partial charge in [0, 0.05) is 31.9 Å². The predicted molar refractivity (Wildman–Crippen MR) is 238 cm³/mol. The number of fused-ring (bicyclic) bond motifs is 1. The van der Waals surface area contributed by atoms with E-state index in [0.717, 1.165) is 87.3 Å². The lowest BCUT2D eigenvalue weighted by atomic mass is 9.90. The predicted octanol–water partition coefficient (Wildman–Crippen LogP) is 8.07. The molecule has 3 aliphatic heterocycles. The van der Waals surface area contributed by atoms with Crippen molar-refractivity contribution in [2.45, 2.75) is 62.7 Å². The number of nitrogens with one attached hydrogen (secondary N) is 3. The fourth-order valence-corrected chi connectivity index (χ4v) is 9.62. The molecule has 3 aliphatic rings. The molecule has 0 bridgehead atoms. The van der Waals surface area contributed by atoms with Gasteiger partial charge in [0.15, 0.2) is 0 Å². The minimum Gasteiger partial charge on any atom is -0.453 e. The summed E-state index contributed by atoms with van der Waals surface area (Å²) in [5, 5.41) is 5.08. The summed E-state index contributed by atoms with van der Waals surface area (Å²) >= 11 is 0. The summed E-state index contributed by atoms with van der Waals surface area (Å²) in [4.78, 5) is 62.7. The molecule has 0 saturated carbocycles. The smallest absolute Gasteiger partial charge is 0.407 e. The van der Waals surface area contributed by atoms with E-state index < -0.39 is 12.1 Å². The minimum atomic E-state index is -0.675. The van der Waals surface area contributed by atoms with Gasteiger partial charge in [-0.2, -0.15) is 0 Å². The molecule has 0 aliphatic carbocycles. The van der Waals surface area contributed by atoms with Gasteiger partial charge in [-0.3, -0.25) is 14.5 Å². The molecule has 13 heteroatoms. The van der Waals surface area contributed by atoms with E-state index in [2.05, 4.69) is 75.9 Å². The fourth-order valence-electron chi connectivity index (χ4n) is 9.62. The molecule has 3 saturated heterocycles. The number of nitrogens with zero attached hydrogens (tertiary/aromatic N) is 5. The lowest BCUT2D eigenvalue weighted by Crippen LogP contribution is -2.53. The van der Waals surface area contributed by atoms with E-state index >= 15 is 0 Å². The van der Waals surface area contributed by atoms with Crippen LogP contribution in [0.2, 0.25) is 0 Å². The summed E-state index contributed by atoms with van der Waals surface area (Å²) in [5.74, 6) is 1.54. The highest BCUT2D eigenvalue weighted by Gasteiger charge is 2.40. The second kappa shape index (κ2) is 18.0. The first-order valence-corrected chi connectivity index (χ1v) is 21.7. The van der Waals surface area contributed by atoms with Gasteiger partial charge in [0.05, 0.1) is 43.0 Å². The molecule has 2 aromatic heterocycles. The quantitative estimate of drug-likeness (QED) is 0.119. The normalized spacial score (nSPS) is 19.2. The van der Waals surface area contributed by atoms with Crippen LogP contribution in [0.3, 0.4) is 0 Å². The van der Waals surface area contributed by atoms with Gasteiger partial charge in [-0.15, -0.1) is 0 Å². The molecule has 3 N–H and O–H groups in total. The van der Waals surface area contributed by atoms with Gasteiger partial charge >= 0.3 is 6.09 Å². The van der Waals surface area contributed by atoms with E-state index in [1.807, 2.05) is 71.5 Å². The number of aromatic amines is 2. The summed E-state index contributed by atoms with van der Waals surface area (Å²) in [6.07, 6.45) is 7.97. The molecule has 4 aromatic carbocycles. The van der Waals surface area contributed by atoms with Crippen molar-refractivity contribution in [2.75, 3.05) is 47.5 Å². The number of carbonyl (C=O) groups excluding carboxylic acids is 3. The number of carbonyl (C=O) groups is 3. The van der Waals surface area contributed by atoms with Crippen LogP contribution in [0.15, 0.2) is 103 Å². The number of rotatable bonds is 11. The molecule has 9 rings (SSSR count). The molecule has 3 amide bonds. The van der Waals surface area contributed by atoms with Crippen LogP contribution in [0.5, 0.6) is 0 Å². The van der Waals surface area contributed by atoms with Crippen LogP contribution in [0.25, 0.3) is 44.4 Å². The van der Waals surface area contributed by atoms with Crippen molar-refractivity contribution in [2.24, 2.45) is 5.92 Å². The van der Waals surface area contributed by atoms with Gasteiger partial charge in [0.1, 0.15) is 23.7 Å². The number of aromatic nitrogens is 4. The van der Waals surface area contributed by atoms with Crippen molar-refractivity contribution in [1.29, 1.82) is 0 Å². The van der Waals surface area contributed by atoms with Crippen molar-refractivity contribution in [1.82, 2.24) is 40.0 Å². The van der Waals surface area contributed by atoms with Gasteiger partial charge in [-0.1, -0.05) is 78.9 Å². The molecular weight excluding hydrogens is 781 g/mol. The SMILES string of the molecule is COC(=O)N[C@H](C(=O)N1CCCC1c1ncc(-c2ccc(-c3ccc4cc(-c5cnc([C@@H]6CCCN6C(=O)C(c6ccccc6)N(C)C)[nH]5)ccc4c3)cc2)[nH]1)C1CCOCC1. The Labute approximate surface area is 361 Å². The Bertz CT molecular complexity index is 2530. The van der Waals surface area contributed by atoms with E-state index in [1.54, 1.807) is 0 Å². The largest absolute Gasteiger partial charge is 0.453 e. The summed E-state index contributed by atoms with van der Waals surface area (Å²) < 4.78 is 10.4. The van der Waals surface area contributed by atoms with Crippen molar-refractivity contribution < 1.29 is 23.9 Å². The molecule has 5 heterocycles. The summed E-state index contributed by atoms with van der Waals surface area (Å²) in [6.45, 7) is 2.44. The Hall–Kier alpha value is -6.31. The van der Waals surface area contributed by atoms with Crippen LogP contribution >= 0.6 is 0 Å². The Kier molecular flexibility index (Phi) is 11.9. The minimum absolute atomic E-state index is 0.0193. The first-order valence-electron chi connectivity index (χ1n) is 21.7. The van der Waals surface area contributed by atoms with Gasteiger partial charge in [0.2, 0.25) is 11.8 Å². The van der Waals surface area contributed by atoms with Crippen LogP contribution in [0.1, 0.15) is 73.9 Å². The number of hydrogen-bond acceptors (Lipinski definition) is 8. The number of methoxy groups -OCH3 is 1. The summed E-state index contributed by atoms with van der Waals surface area (Å²) in [5.41, 5.74) is 7.05. The molecule has 0 spiro atoms. The number of likely N-dealkylation sites (tertiary alicyclic amines) is 2. The molecule has 3 fully saturated rings. The second-order valence-corrected chi connectivity index (χ2v) is 16.9. The standard InChI is InChI=1S/C49H54N8O5/c1-55(2)44(34-9-5-4-6-10-34)48(59)57-24-8-12-42(57)46-51-30-40(53-46)38-20-19-36-27-35(17-18-37(36)28-38)31-13-15-32(16-14-31)39-29-50-45(52-39)41-11-7-23-56(41)47(58)43(54-49(60)61-3)33-21-25-62-26-22-33/h4-6,9-10,13-20,27-30,33,41-44H,7-8,11-12,21-26H2,1-3H3,(H,50,52)(H,51,53)(H,54,60)/t41?,42-,43-,44?/m0/s1. The van der Waals surface area contributed by atoms with Crippen molar-refractivity contribution >= 4 is 28.7 Å². The van der Waals surface area contributed by atoms with Gasteiger partial charge < -0.3 is 34.6 Å². The second-order valence-electron chi connectivity index (χ2n) is 16.9. The lowest BCUT2D eigenvalue weighted by Gasteiger charge is -2.34. The van der Waals surface area contributed by atoms with Gasteiger partial charge in [0.25, 0.3) is 0 Å². The first kappa shape index (κ1) is 41.1. The van der Waals surface area contributed by atoms with E-state index in [1.165, 1.54) is 7.11 Å². The van der Waals surface area contributed by atoms with E-state index in [-0.39, 0.29) is 35.9 Å². The van der Waals surface area contributed by atoms with E-state index in [0.29, 0.717) is 39.1 Å². The third-order valence-electron chi connectivity index (χ3n) is 12.9. The number of benzene rings is 4. The molecular formula is C49H54N8O5. The molecule has 320 valence electrons. The van der Waals surface area contributed by atoms with Crippen LogP contribution in [0.4, 0.5) is 4.79 Å². The van der Waals surface area contributed by atoms with Crippen molar-refractivity contribution in [3.05, 3.63) is 121 Å². The Balaban J connectivity index is 0.870. The summed E-state index contributed by atoms with van der Waals surface area (Å²) in [6, 6.07) is 30.1. The number of hydrogen-bond donors (Lipinski definition) is 3. The third kappa shape index (κ3) is 8.34. The Morgan fingerprint density at radius 2 is 1.26 bits per heavy atom. The average Bonchev–Trinajstić information content (AvgIpc) is 4.16. The molecule has 13 nitrogen and oxygen atoms in total. The maximum atomic E-state index is 14.0. The zero-order valence-corrected chi connectivity index (χ0v) is 35.6. The first-order chi connectivity index (χ1) is 30.2. The van der Waals surface area contributed by atoms with E-state index in [4.69, 9.17) is 19.4 Å². The molecule has 6 aromatic rings. The van der Waals surface area contributed by atoms with Crippen LogP contribution in [0, 0.1) is 5.92 Å². The highest BCUT2D eigenvalue weighted by Crippen LogP contribution is 2.37. The highest BCUT2D eigenvalue weighted by molar-refractivity contribution is 5.91. The lowest BCUT2D eigenvalue weighted by molar-refractivity contribution is -0.138. The van der Waals surface area contributed by atoms with Gasteiger partial charge in [-0.05, 0) is 104 Å². The Morgan fingerprint density at radius 3 is 1.87 bits per heavy atom. The zero-order chi connectivity index (χ0) is 42.7. The van der Waals surface area contributed by atoms with Crippen LogP contribution in [-0.4, -0.2) is 106 Å². The molecule has 2 unspecified atom stereocenters. The maximum absolute atomic E-state index is 14.0. The van der Waals surface area contributed by atoms with Crippen LogP contribution < -0.4 is 5.32 Å². The number of imidazole rings is 2. The van der Waals surface area contributed by atoms with Crippen molar-refractivity contribution in [3.8, 4) is 33.6 Å². The third-order valence-corrected chi connectivity index (χ3v) is 12.9. The number of likely N-dealkylation sites (N-methyl/N-ethyl adjacent to an activating group) is 1. The zero-order valence-electron chi connectivity index (χ0n) is 35.6.